The van der Waals surface area contributed by atoms with Gasteiger partial charge in [0.2, 0.25) is 0 Å². The number of rotatable bonds is 4. The number of alkyl halides is 3. The number of aromatic amines is 1. The minimum absolute atomic E-state index is 0.0421. The van der Waals surface area contributed by atoms with Gasteiger partial charge in [0.15, 0.2) is 11.6 Å². The summed E-state index contributed by atoms with van der Waals surface area (Å²) in [7, 11) is 0. The zero-order valence-corrected chi connectivity index (χ0v) is 16.3. The van der Waals surface area contributed by atoms with Crippen molar-refractivity contribution >= 4 is 11.6 Å². The average Bonchev–Trinajstić information content (AvgIpc) is 3.28. The van der Waals surface area contributed by atoms with Gasteiger partial charge in [-0.3, -0.25) is 0 Å². The van der Waals surface area contributed by atoms with Gasteiger partial charge in [-0.1, -0.05) is 17.7 Å². The lowest BCUT2D eigenvalue weighted by Crippen LogP contribution is -2.17. The van der Waals surface area contributed by atoms with Crippen LogP contribution in [0.3, 0.4) is 0 Å². The number of nitrogens with one attached hydrogen (secondary N) is 1. The van der Waals surface area contributed by atoms with Crippen molar-refractivity contribution in [1.82, 2.24) is 9.97 Å². The third kappa shape index (κ3) is 4.28. The number of furan rings is 1. The summed E-state index contributed by atoms with van der Waals surface area (Å²) in [5.41, 5.74) is 2.03. The smallest absolute Gasteiger partial charge is 0.453 e. The first kappa shape index (κ1) is 20.3. The largest absolute Gasteiger partial charge is 0.573 e. The summed E-state index contributed by atoms with van der Waals surface area (Å²) < 4.78 is 60.0. The molecule has 0 saturated carbocycles. The van der Waals surface area contributed by atoms with Crippen LogP contribution in [-0.2, 0) is 0 Å². The molecule has 4 nitrogen and oxygen atoms in total. The van der Waals surface area contributed by atoms with E-state index in [2.05, 4.69) is 14.7 Å². The maximum absolute atomic E-state index is 13.2. The standard InChI is InChI=1S/C21H15ClF4N2O2/c1-11-19(12-2-4-13(23)5-3-12)28-20(27-11)18-9-8-17(29-18)15-7-6-14(10-16(15)22)30-21(24,25)26/h2,4-10,12H,3H2,1H3,(H,27,28). The fourth-order valence-corrected chi connectivity index (χ4v) is 3.51. The van der Waals surface area contributed by atoms with Crippen LogP contribution in [0.2, 0.25) is 5.02 Å². The number of H-pyrrole nitrogens is 1. The molecule has 1 aliphatic carbocycles. The molecule has 156 valence electrons. The number of allylic oxidation sites excluding steroid dienone is 4. The van der Waals surface area contributed by atoms with E-state index in [0.717, 1.165) is 23.5 Å². The Morgan fingerprint density at radius 3 is 2.63 bits per heavy atom. The molecule has 1 aliphatic rings. The van der Waals surface area contributed by atoms with Crippen LogP contribution in [0.4, 0.5) is 17.6 Å². The molecular formula is C21H15ClF4N2O2. The molecule has 2 aromatic heterocycles. The van der Waals surface area contributed by atoms with E-state index in [1.807, 2.05) is 6.92 Å². The Bertz CT molecular complexity index is 1140. The second-order valence-corrected chi connectivity index (χ2v) is 7.15. The number of nitrogens with zero attached hydrogens (tertiary/aromatic N) is 1. The van der Waals surface area contributed by atoms with Gasteiger partial charge in [0.1, 0.15) is 17.3 Å². The fourth-order valence-electron chi connectivity index (χ4n) is 3.25. The van der Waals surface area contributed by atoms with Crippen molar-refractivity contribution in [2.45, 2.75) is 25.6 Å². The Labute approximate surface area is 173 Å². The highest BCUT2D eigenvalue weighted by atomic mass is 35.5. The zero-order chi connectivity index (χ0) is 21.5. The van der Waals surface area contributed by atoms with E-state index in [1.165, 1.54) is 18.2 Å². The SMILES string of the molecule is Cc1[nH]c(-c2ccc(-c3ccc(OC(F)(F)F)cc3Cl)o2)nc1C1C=CC(F)=CC1. The third-order valence-electron chi connectivity index (χ3n) is 4.61. The summed E-state index contributed by atoms with van der Waals surface area (Å²) in [5.74, 6) is 0.573. The van der Waals surface area contributed by atoms with Gasteiger partial charge in [-0.2, -0.15) is 0 Å². The van der Waals surface area contributed by atoms with E-state index in [0.29, 0.717) is 29.3 Å². The highest BCUT2D eigenvalue weighted by molar-refractivity contribution is 6.33. The molecule has 9 heteroatoms. The van der Waals surface area contributed by atoms with Gasteiger partial charge in [-0.05, 0) is 55.8 Å². The molecule has 1 unspecified atom stereocenters. The first-order chi connectivity index (χ1) is 14.2. The maximum atomic E-state index is 13.2. The van der Waals surface area contributed by atoms with Gasteiger partial charge in [0, 0.05) is 17.2 Å². The first-order valence-electron chi connectivity index (χ1n) is 8.96. The molecular weight excluding hydrogens is 424 g/mol. The number of hydrogen-bond acceptors (Lipinski definition) is 3. The van der Waals surface area contributed by atoms with Crippen LogP contribution < -0.4 is 4.74 Å². The molecule has 0 amide bonds. The average molecular weight is 439 g/mol. The summed E-state index contributed by atoms with van der Waals surface area (Å²) in [6.07, 6.45) is 0.407. The van der Waals surface area contributed by atoms with Crippen LogP contribution in [-0.4, -0.2) is 16.3 Å². The fraction of sp³-hybridized carbons (Fsp3) is 0.190. The molecule has 0 saturated heterocycles. The van der Waals surface area contributed by atoms with Gasteiger partial charge in [-0.25, -0.2) is 9.37 Å². The molecule has 0 radical (unpaired) electrons. The Kier molecular flexibility index (Phi) is 5.19. The second-order valence-electron chi connectivity index (χ2n) is 6.74. The topological polar surface area (TPSA) is 51.0 Å². The molecule has 30 heavy (non-hydrogen) atoms. The van der Waals surface area contributed by atoms with Gasteiger partial charge in [-0.15, -0.1) is 13.2 Å². The number of hydrogen-bond donors (Lipinski definition) is 1. The lowest BCUT2D eigenvalue weighted by molar-refractivity contribution is -0.274. The number of benzene rings is 1. The summed E-state index contributed by atoms with van der Waals surface area (Å²) in [6, 6.07) is 6.96. The number of aromatic nitrogens is 2. The monoisotopic (exact) mass is 438 g/mol. The van der Waals surface area contributed by atoms with Gasteiger partial charge in [0.05, 0.1) is 10.7 Å². The van der Waals surface area contributed by atoms with Crippen molar-refractivity contribution in [1.29, 1.82) is 0 Å². The van der Waals surface area contributed by atoms with E-state index < -0.39 is 12.1 Å². The van der Waals surface area contributed by atoms with Crippen molar-refractivity contribution < 1.29 is 26.7 Å². The van der Waals surface area contributed by atoms with Crippen LogP contribution >= 0.6 is 11.6 Å². The van der Waals surface area contributed by atoms with Crippen LogP contribution in [0.25, 0.3) is 22.9 Å². The molecule has 2 heterocycles. The Hall–Kier alpha value is -3.00. The number of imidazole rings is 1. The van der Waals surface area contributed by atoms with E-state index in [9.17, 15) is 17.6 Å². The minimum Gasteiger partial charge on any atom is -0.453 e. The van der Waals surface area contributed by atoms with Crippen molar-refractivity contribution in [3.05, 3.63) is 70.8 Å². The Morgan fingerprint density at radius 2 is 1.97 bits per heavy atom. The van der Waals surface area contributed by atoms with Crippen molar-refractivity contribution in [3.8, 4) is 28.7 Å². The minimum atomic E-state index is -4.80. The number of halogens is 5. The first-order valence-corrected chi connectivity index (χ1v) is 9.33. The summed E-state index contributed by atoms with van der Waals surface area (Å²) in [4.78, 5) is 7.73. The highest BCUT2D eigenvalue weighted by Crippen LogP contribution is 2.36. The summed E-state index contributed by atoms with van der Waals surface area (Å²) in [6.45, 7) is 1.87. The van der Waals surface area contributed by atoms with Crippen LogP contribution in [0, 0.1) is 6.92 Å². The summed E-state index contributed by atoms with van der Waals surface area (Å²) >= 11 is 6.12. The van der Waals surface area contributed by atoms with E-state index in [-0.39, 0.29) is 16.8 Å². The van der Waals surface area contributed by atoms with E-state index >= 15 is 0 Å². The van der Waals surface area contributed by atoms with Crippen molar-refractivity contribution in [2.75, 3.05) is 0 Å². The molecule has 0 bridgehead atoms. The Balaban J connectivity index is 1.58. The van der Waals surface area contributed by atoms with Gasteiger partial charge < -0.3 is 14.1 Å². The number of aryl methyl sites for hydroxylation is 1. The second kappa shape index (κ2) is 7.68. The summed E-state index contributed by atoms with van der Waals surface area (Å²) in [5, 5.41) is 0.0510. The third-order valence-corrected chi connectivity index (χ3v) is 4.92. The van der Waals surface area contributed by atoms with Gasteiger partial charge in [0.25, 0.3) is 0 Å². The number of ether oxygens (including phenoxy) is 1. The molecule has 4 rings (SSSR count). The van der Waals surface area contributed by atoms with Crippen LogP contribution in [0.1, 0.15) is 23.7 Å². The molecule has 1 N–H and O–H groups in total. The molecule has 1 aromatic carbocycles. The van der Waals surface area contributed by atoms with Crippen molar-refractivity contribution in [3.63, 3.8) is 0 Å². The van der Waals surface area contributed by atoms with Crippen LogP contribution in [0.5, 0.6) is 5.75 Å². The molecule has 3 aromatic rings. The van der Waals surface area contributed by atoms with Crippen molar-refractivity contribution in [2.24, 2.45) is 0 Å². The highest BCUT2D eigenvalue weighted by Gasteiger charge is 2.31. The quantitative estimate of drug-likeness (QED) is 0.442. The Morgan fingerprint density at radius 1 is 1.20 bits per heavy atom. The predicted molar refractivity (Wildman–Crippen MR) is 104 cm³/mol. The lowest BCUT2D eigenvalue weighted by Gasteiger charge is -2.11. The molecule has 0 aliphatic heterocycles. The molecule has 1 atom stereocenters. The lowest BCUT2D eigenvalue weighted by atomic mass is 9.96. The van der Waals surface area contributed by atoms with Gasteiger partial charge >= 0.3 is 6.36 Å². The molecule has 0 spiro atoms. The normalized spacial score (nSPS) is 16.6. The van der Waals surface area contributed by atoms with E-state index in [1.54, 1.807) is 18.2 Å². The van der Waals surface area contributed by atoms with Crippen LogP contribution in [0.15, 0.2) is 58.8 Å². The van der Waals surface area contributed by atoms with E-state index in [4.69, 9.17) is 16.0 Å². The molecule has 0 fully saturated rings. The maximum Gasteiger partial charge on any atom is 0.573 e. The predicted octanol–water partition coefficient (Wildman–Crippen LogP) is 7.09. The zero-order valence-electron chi connectivity index (χ0n) is 15.6.